The van der Waals surface area contributed by atoms with Crippen molar-refractivity contribution in [2.24, 2.45) is 0 Å². The van der Waals surface area contributed by atoms with E-state index in [0.717, 1.165) is 26.8 Å². The third kappa shape index (κ3) is 2.96. The summed E-state index contributed by atoms with van der Waals surface area (Å²) in [5.41, 5.74) is 1.61. The van der Waals surface area contributed by atoms with Crippen LogP contribution in [0.5, 0.6) is 5.75 Å². The molecule has 0 amide bonds. The molecule has 0 spiro atoms. The second-order valence-electron chi connectivity index (χ2n) is 5.32. The van der Waals surface area contributed by atoms with Gasteiger partial charge in [-0.3, -0.25) is 9.59 Å². The highest BCUT2D eigenvalue weighted by Gasteiger charge is 2.11. The minimum absolute atomic E-state index is 0.367. The topological polar surface area (TPSA) is 61.2 Å². The van der Waals surface area contributed by atoms with E-state index >= 15 is 0 Å². The summed E-state index contributed by atoms with van der Waals surface area (Å²) < 4.78 is 6.18. The maximum atomic E-state index is 12.5. The van der Waals surface area contributed by atoms with Gasteiger partial charge in [-0.15, -0.1) is 0 Å². The minimum Gasteiger partial charge on any atom is -0.497 e. The van der Waals surface area contributed by atoms with Gasteiger partial charge in [-0.25, -0.2) is 9.55 Å². The lowest BCUT2D eigenvalue weighted by Crippen LogP contribution is -2.26. The lowest BCUT2D eigenvalue weighted by atomic mass is 10.1. The first-order chi connectivity index (χ1) is 11.6. The lowest BCUT2D eigenvalue weighted by Gasteiger charge is -2.07. The Morgan fingerprint density at radius 2 is 1.96 bits per heavy atom. The standard InChI is InChI=1S/C19H16N2O3/c1-13-12-18(23)21(19-16(13)4-3-11-20-19)17(22)10-7-14-5-8-15(24-2)9-6-14/h3-12H,1-2H3. The number of carbonyl (C=O) groups is 1. The van der Waals surface area contributed by atoms with Crippen molar-refractivity contribution in [2.75, 3.05) is 7.11 Å². The molecule has 0 saturated heterocycles. The Hall–Kier alpha value is -3.21. The summed E-state index contributed by atoms with van der Waals surface area (Å²) in [6.45, 7) is 1.83. The zero-order valence-electron chi connectivity index (χ0n) is 13.4. The quantitative estimate of drug-likeness (QED) is 0.696. The van der Waals surface area contributed by atoms with Crippen LogP contribution >= 0.6 is 0 Å². The van der Waals surface area contributed by atoms with Gasteiger partial charge >= 0.3 is 0 Å². The van der Waals surface area contributed by atoms with E-state index in [2.05, 4.69) is 4.98 Å². The van der Waals surface area contributed by atoms with Crippen molar-refractivity contribution in [2.45, 2.75) is 6.92 Å². The van der Waals surface area contributed by atoms with Gasteiger partial charge < -0.3 is 4.74 Å². The Labute approximate surface area is 138 Å². The molecule has 3 rings (SSSR count). The second-order valence-corrected chi connectivity index (χ2v) is 5.32. The van der Waals surface area contributed by atoms with E-state index < -0.39 is 5.91 Å². The summed E-state index contributed by atoms with van der Waals surface area (Å²) in [5.74, 6) is 0.308. The fraction of sp³-hybridized carbons (Fsp3) is 0.105. The maximum absolute atomic E-state index is 12.5. The number of hydrogen-bond acceptors (Lipinski definition) is 4. The molecule has 0 aliphatic carbocycles. The molecule has 0 unspecified atom stereocenters. The molecular weight excluding hydrogens is 304 g/mol. The average molecular weight is 320 g/mol. The molecule has 0 N–H and O–H groups in total. The molecule has 1 aromatic carbocycles. The predicted octanol–water partition coefficient (Wildman–Crippen LogP) is 3.07. The number of allylic oxidation sites excluding steroid dienone is 1. The number of methoxy groups -OCH3 is 1. The molecule has 0 fully saturated rings. The molecule has 5 nitrogen and oxygen atoms in total. The molecule has 0 radical (unpaired) electrons. The van der Waals surface area contributed by atoms with Gasteiger partial charge in [0, 0.05) is 23.7 Å². The van der Waals surface area contributed by atoms with Crippen molar-refractivity contribution in [1.82, 2.24) is 9.55 Å². The van der Waals surface area contributed by atoms with Gasteiger partial charge in [-0.2, -0.15) is 0 Å². The monoisotopic (exact) mass is 320 g/mol. The summed E-state index contributed by atoms with van der Waals surface area (Å²) in [5, 5.41) is 0.781. The Kier molecular flexibility index (Phi) is 4.24. The van der Waals surface area contributed by atoms with Gasteiger partial charge in [0.05, 0.1) is 7.11 Å². The highest BCUT2D eigenvalue weighted by Crippen LogP contribution is 2.15. The highest BCUT2D eigenvalue weighted by atomic mass is 16.5. The molecule has 120 valence electrons. The predicted molar refractivity (Wildman–Crippen MR) is 93.4 cm³/mol. The number of hydrogen-bond donors (Lipinski definition) is 0. The minimum atomic E-state index is -0.431. The molecular formula is C19H16N2O3. The third-order valence-electron chi connectivity index (χ3n) is 3.74. The number of carbonyl (C=O) groups excluding carboxylic acids is 1. The number of aryl methyl sites for hydroxylation is 1. The molecule has 24 heavy (non-hydrogen) atoms. The summed E-state index contributed by atoms with van der Waals surface area (Å²) >= 11 is 0. The molecule has 0 aliphatic heterocycles. The number of fused-ring (bicyclic) bond motifs is 1. The number of pyridine rings is 2. The number of nitrogens with zero attached hydrogens (tertiary/aromatic N) is 2. The van der Waals surface area contributed by atoms with Crippen LogP contribution in [0.4, 0.5) is 0 Å². The zero-order chi connectivity index (χ0) is 17.1. The molecule has 2 heterocycles. The molecule has 0 atom stereocenters. The first-order valence-electron chi connectivity index (χ1n) is 7.44. The smallest absolute Gasteiger partial charge is 0.259 e. The van der Waals surface area contributed by atoms with Crippen LogP contribution in [0.3, 0.4) is 0 Å². The van der Waals surface area contributed by atoms with Crippen LogP contribution in [0.2, 0.25) is 0 Å². The van der Waals surface area contributed by atoms with Crippen LogP contribution in [0.25, 0.3) is 17.1 Å². The van der Waals surface area contributed by atoms with Crippen molar-refractivity contribution >= 4 is 23.0 Å². The van der Waals surface area contributed by atoms with E-state index in [9.17, 15) is 9.59 Å². The lowest BCUT2D eigenvalue weighted by molar-refractivity contribution is 0.0970. The van der Waals surface area contributed by atoms with E-state index in [0.29, 0.717) is 5.65 Å². The highest BCUT2D eigenvalue weighted by molar-refractivity contribution is 5.99. The summed E-state index contributed by atoms with van der Waals surface area (Å²) in [6, 6.07) is 12.3. The molecule has 2 aromatic heterocycles. The Morgan fingerprint density at radius 3 is 2.67 bits per heavy atom. The van der Waals surface area contributed by atoms with Gasteiger partial charge in [0.2, 0.25) is 0 Å². The second kappa shape index (κ2) is 6.50. The van der Waals surface area contributed by atoms with Crippen LogP contribution < -0.4 is 10.3 Å². The Bertz CT molecular complexity index is 986. The Morgan fingerprint density at radius 1 is 1.21 bits per heavy atom. The average Bonchev–Trinajstić information content (AvgIpc) is 2.60. The van der Waals surface area contributed by atoms with E-state index in [1.165, 1.54) is 12.1 Å². The van der Waals surface area contributed by atoms with Crippen LogP contribution in [0, 0.1) is 6.92 Å². The molecule has 0 saturated carbocycles. The van der Waals surface area contributed by atoms with E-state index in [1.807, 2.05) is 25.1 Å². The fourth-order valence-electron chi connectivity index (χ4n) is 2.48. The number of rotatable bonds is 3. The van der Waals surface area contributed by atoms with Gasteiger partial charge in [0.25, 0.3) is 11.5 Å². The van der Waals surface area contributed by atoms with E-state index in [-0.39, 0.29) is 5.56 Å². The van der Waals surface area contributed by atoms with E-state index in [4.69, 9.17) is 4.74 Å². The summed E-state index contributed by atoms with van der Waals surface area (Å²) in [4.78, 5) is 28.9. The van der Waals surface area contributed by atoms with Crippen LogP contribution in [0.1, 0.15) is 15.9 Å². The SMILES string of the molecule is COc1ccc(C=CC(=O)n2c(=O)cc(C)c3cccnc32)cc1. The normalized spacial score (nSPS) is 11.1. The van der Waals surface area contributed by atoms with Crippen LogP contribution in [-0.2, 0) is 0 Å². The molecule has 3 aromatic rings. The number of aromatic nitrogens is 2. The molecule has 5 heteroatoms. The summed E-state index contributed by atoms with van der Waals surface area (Å²) in [6.07, 6.45) is 4.59. The van der Waals surface area contributed by atoms with E-state index in [1.54, 1.807) is 37.6 Å². The van der Waals surface area contributed by atoms with Gasteiger partial charge in [-0.1, -0.05) is 12.1 Å². The fourth-order valence-corrected chi connectivity index (χ4v) is 2.48. The third-order valence-corrected chi connectivity index (χ3v) is 3.74. The van der Waals surface area contributed by atoms with Crippen LogP contribution in [-0.4, -0.2) is 22.6 Å². The summed E-state index contributed by atoms with van der Waals surface area (Å²) in [7, 11) is 1.59. The molecule has 0 bridgehead atoms. The van der Waals surface area contributed by atoms with Crippen molar-refractivity contribution in [3.8, 4) is 5.75 Å². The van der Waals surface area contributed by atoms with Crippen molar-refractivity contribution in [3.63, 3.8) is 0 Å². The maximum Gasteiger partial charge on any atom is 0.259 e. The number of ether oxygens (including phenoxy) is 1. The van der Waals surface area contributed by atoms with Gasteiger partial charge in [0.1, 0.15) is 11.4 Å². The van der Waals surface area contributed by atoms with Crippen LogP contribution in [0.15, 0.2) is 59.5 Å². The van der Waals surface area contributed by atoms with Crippen molar-refractivity contribution in [3.05, 3.63) is 76.2 Å². The Balaban J connectivity index is 1.99. The van der Waals surface area contributed by atoms with Gasteiger partial charge in [-0.05, 0) is 48.4 Å². The zero-order valence-corrected chi connectivity index (χ0v) is 13.4. The van der Waals surface area contributed by atoms with Crippen molar-refractivity contribution < 1.29 is 9.53 Å². The van der Waals surface area contributed by atoms with Crippen molar-refractivity contribution in [1.29, 1.82) is 0 Å². The largest absolute Gasteiger partial charge is 0.497 e. The molecule has 0 aliphatic rings. The first-order valence-corrected chi connectivity index (χ1v) is 7.44. The van der Waals surface area contributed by atoms with Gasteiger partial charge in [0.15, 0.2) is 0 Å². The first kappa shape index (κ1) is 15.7. The number of benzene rings is 1.